The van der Waals surface area contributed by atoms with Crippen LogP contribution in [0.2, 0.25) is 5.02 Å². The second-order valence-corrected chi connectivity index (χ2v) is 6.53. The van der Waals surface area contributed by atoms with E-state index < -0.39 is 0 Å². The van der Waals surface area contributed by atoms with Crippen molar-refractivity contribution in [3.05, 3.63) is 58.5 Å². The van der Waals surface area contributed by atoms with Crippen molar-refractivity contribution < 1.29 is 9.15 Å². The summed E-state index contributed by atoms with van der Waals surface area (Å²) < 4.78 is 11.2. The number of nitrogens with one attached hydrogen (secondary N) is 1. The Balaban J connectivity index is 1.85. The molecule has 0 aliphatic carbocycles. The molecule has 0 bridgehead atoms. The standard InChI is InChI=1S/C17H22ClNO2/c1-17(2,3)19-10-14-7-8-21-16(14)12-20-11-13-5-4-6-15(18)9-13/h4-9,19H,10-12H2,1-3H3. The van der Waals surface area contributed by atoms with Crippen LogP contribution in [0, 0.1) is 0 Å². The first-order valence-corrected chi connectivity index (χ1v) is 7.44. The van der Waals surface area contributed by atoms with E-state index in [-0.39, 0.29) is 5.54 Å². The van der Waals surface area contributed by atoms with Crippen molar-refractivity contribution in [3.8, 4) is 0 Å². The van der Waals surface area contributed by atoms with Gasteiger partial charge in [-0.15, -0.1) is 0 Å². The molecule has 4 heteroatoms. The fraction of sp³-hybridized carbons (Fsp3) is 0.412. The van der Waals surface area contributed by atoms with Crippen LogP contribution in [-0.2, 0) is 24.5 Å². The average molecular weight is 308 g/mol. The van der Waals surface area contributed by atoms with E-state index in [1.54, 1.807) is 6.26 Å². The van der Waals surface area contributed by atoms with Gasteiger partial charge in [0.2, 0.25) is 0 Å². The molecule has 114 valence electrons. The normalized spacial score (nSPS) is 11.8. The molecule has 0 fully saturated rings. The summed E-state index contributed by atoms with van der Waals surface area (Å²) in [5.74, 6) is 0.869. The highest BCUT2D eigenvalue weighted by Crippen LogP contribution is 2.16. The summed E-state index contributed by atoms with van der Waals surface area (Å²) in [4.78, 5) is 0. The summed E-state index contributed by atoms with van der Waals surface area (Å²) in [5, 5.41) is 4.17. The maximum Gasteiger partial charge on any atom is 0.133 e. The van der Waals surface area contributed by atoms with Crippen LogP contribution >= 0.6 is 11.6 Å². The van der Waals surface area contributed by atoms with Crippen molar-refractivity contribution in [1.29, 1.82) is 0 Å². The Morgan fingerprint density at radius 3 is 2.71 bits per heavy atom. The van der Waals surface area contributed by atoms with Crippen LogP contribution in [0.1, 0.15) is 37.7 Å². The SMILES string of the molecule is CC(C)(C)NCc1ccoc1COCc1cccc(Cl)c1. The van der Waals surface area contributed by atoms with Crippen LogP contribution in [0.15, 0.2) is 41.0 Å². The second kappa shape index (κ2) is 7.12. The van der Waals surface area contributed by atoms with Crippen LogP contribution in [0.25, 0.3) is 0 Å². The Labute approximate surface area is 131 Å². The van der Waals surface area contributed by atoms with Gasteiger partial charge in [0, 0.05) is 22.7 Å². The second-order valence-electron chi connectivity index (χ2n) is 6.10. The lowest BCUT2D eigenvalue weighted by molar-refractivity contribution is 0.0920. The number of ether oxygens (including phenoxy) is 1. The largest absolute Gasteiger partial charge is 0.467 e. The van der Waals surface area contributed by atoms with Gasteiger partial charge < -0.3 is 14.5 Å². The smallest absolute Gasteiger partial charge is 0.133 e. The summed E-state index contributed by atoms with van der Waals surface area (Å²) in [6, 6.07) is 9.67. The molecule has 2 rings (SSSR count). The monoisotopic (exact) mass is 307 g/mol. The van der Waals surface area contributed by atoms with E-state index >= 15 is 0 Å². The van der Waals surface area contributed by atoms with E-state index in [1.165, 1.54) is 0 Å². The van der Waals surface area contributed by atoms with Gasteiger partial charge in [-0.3, -0.25) is 0 Å². The topological polar surface area (TPSA) is 34.4 Å². The minimum atomic E-state index is 0.0795. The van der Waals surface area contributed by atoms with Crippen LogP contribution < -0.4 is 5.32 Å². The predicted octanol–water partition coefficient (Wildman–Crippen LogP) is 4.54. The van der Waals surface area contributed by atoms with Crippen molar-refractivity contribution in [2.24, 2.45) is 0 Å². The molecule has 0 aliphatic rings. The van der Waals surface area contributed by atoms with Gasteiger partial charge in [0.05, 0.1) is 12.9 Å². The average Bonchev–Trinajstić information content (AvgIpc) is 2.83. The molecule has 21 heavy (non-hydrogen) atoms. The number of hydrogen-bond acceptors (Lipinski definition) is 3. The molecular weight excluding hydrogens is 286 g/mol. The molecule has 0 unspecified atom stereocenters. The summed E-state index contributed by atoms with van der Waals surface area (Å²) in [6.07, 6.45) is 1.71. The third-order valence-corrected chi connectivity index (χ3v) is 3.27. The number of furan rings is 1. The van der Waals surface area contributed by atoms with Crippen molar-refractivity contribution in [3.63, 3.8) is 0 Å². The number of rotatable bonds is 6. The first-order valence-electron chi connectivity index (χ1n) is 7.06. The Bertz CT molecular complexity index is 572. The summed E-state index contributed by atoms with van der Waals surface area (Å²) in [6.45, 7) is 8.18. The van der Waals surface area contributed by atoms with Crippen LogP contribution in [-0.4, -0.2) is 5.54 Å². The van der Waals surface area contributed by atoms with Crippen molar-refractivity contribution in [1.82, 2.24) is 5.32 Å². The molecule has 0 amide bonds. The molecule has 2 aromatic rings. The molecule has 3 nitrogen and oxygen atoms in total. The minimum Gasteiger partial charge on any atom is -0.467 e. The van der Waals surface area contributed by atoms with Crippen LogP contribution in [0.5, 0.6) is 0 Å². The quantitative estimate of drug-likeness (QED) is 0.851. The number of halogens is 1. The minimum absolute atomic E-state index is 0.0795. The van der Waals surface area contributed by atoms with Gasteiger partial charge in [-0.1, -0.05) is 23.7 Å². The number of hydrogen-bond donors (Lipinski definition) is 1. The van der Waals surface area contributed by atoms with Gasteiger partial charge in [0.1, 0.15) is 12.4 Å². The Morgan fingerprint density at radius 1 is 1.19 bits per heavy atom. The van der Waals surface area contributed by atoms with Gasteiger partial charge in [-0.25, -0.2) is 0 Å². The maximum absolute atomic E-state index is 5.95. The lowest BCUT2D eigenvalue weighted by atomic mass is 10.1. The summed E-state index contributed by atoms with van der Waals surface area (Å²) in [7, 11) is 0. The van der Waals surface area contributed by atoms with Gasteiger partial charge in [-0.05, 0) is 44.5 Å². The molecule has 1 aromatic heterocycles. The fourth-order valence-electron chi connectivity index (χ4n) is 1.90. The maximum atomic E-state index is 5.95. The van der Waals surface area contributed by atoms with E-state index in [0.717, 1.165) is 28.5 Å². The summed E-state index contributed by atoms with van der Waals surface area (Å²) in [5.41, 5.74) is 2.27. The molecule has 1 N–H and O–H groups in total. The Hall–Kier alpha value is -1.29. The number of benzene rings is 1. The first kappa shape index (κ1) is 16.1. The molecule has 0 aliphatic heterocycles. The van der Waals surface area contributed by atoms with E-state index in [2.05, 4.69) is 26.1 Å². The van der Waals surface area contributed by atoms with Crippen molar-refractivity contribution in [2.45, 2.75) is 46.1 Å². The van der Waals surface area contributed by atoms with Gasteiger partial charge in [0.25, 0.3) is 0 Å². The van der Waals surface area contributed by atoms with Gasteiger partial charge in [-0.2, -0.15) is 0 Å². The van der Waals surface area contributed by atoms with Crippen LogP contribution in [0.4, 0.5) is 0 Å². The van der Waals surface area contributed by atoms with E-state index in [0.29, 0.717) is 13.2 Å². The molecule has 0 saturated heterocycles. The van der Waals surface area contributed by atoms with E-state index in [1.807, 2.05) is 30.3 Å². The highest BCUT2D eigenvalue weighted by molar-refractivity contribution is 6.30. The van der Waals surface area contributed by atoms with Crippen molar-refractivity contribution >= 4 is 11.6 Å². The molecule has 0 radical (unpaired) electrons. The Kier molecular flexibility index (Phi) is 5.45. The van der Waals surface area contributed by atoms with E-state index in [9.17, 15) is 0 Å². The van der Waals surface area contributed by atoms with Gasteiger partial charge in [0.15, 0.2) is 0 Å². The lowest BCUT2D eigenvalue weighted by Gasteiger charge is -2.20. The lowest BCUT2D eigenvalue weighted by Crippen LogP contribution is -2.35. The van der Waals surface area contributed by atoms with E-state index in [4.69, 9.17) is 20.8 Å². The predicted molar refractivity (Wildman–Crippen MR) is 85.2 cm³/mol. The zero-order valence-electron chi connectivity index (χ0n) is 12.8. The molecule has 0 spiro atoms. The molecule has 0 saturated carbocycles. The highest BCUT2D eigenvalue weighted by Gasteiger charge is 2.12. The van der Waals surface area contributed by atoms with Crippen LogP contribution in [0.3, 0.4) is 0 Å². The third-order valence-electron chi connectivity index (χ3n) is 3.04. The molecule has 0 atom stereocenters. The van der Waals surface area contributed by atoms with Crippen molar-refractivity contribution in [2.75, 3.05) is 0 Å². The molecule has 1 heterocycles. The molecule has 1 aromatic carbocycles. The Morgan fingerprint density at radius 2 is 2.00 bits per heavy atom. The zero-order valence-corrected chi connectivity index (χ0v) is 13.5. The first-order chi connectivity index (χ1) is 9.94. The zero-order chi connectivity index (χ0) is 15.3. The van der Waals surface area contributed by atoms with Gasteiger partial charge >= 0.3 is 0 Å². The summed E-state index contributed by atoms with van der Waals surface area (Å²) >= 11 is 5.95. The molecular formula is C17H22ClNO2. The third kappa shape index (κ3) is 5.54. The highest BCUT2D eigenvalue weighted by atomic mass is 35.5. The fourth-order valence-corrected chi connectivity index (χ4v) is 2.11.